The van der Waals surface area contributed by atoms with E-state index in [-0.39, 0.29) is 5.91 Å². The van der Waals surface area contributed by atoms with Gasteiger partial charge in [0.15, 0.2) is 5.69 Å². The van der Waals surface area contributed by atoms with E-state index in [4.69, 9.17) is 24.5 Å². The van der Waals surface area contributed by atoms with Crippen LogP contribution in [0.2, 0.25) is 0 Å². The lowest BCUT2D eigenvalue weighted by Crippen LogP contribution is -2.41. The maximum Gasteiger partial charge on any atom is 0.490 e. The molecule has 0 saturated carbocycles. The van der Waals surface area contributed by atoms with Crippen molar-refractivity contribution in [1.82, 2.24) is 29.5 Å². The average Bonchev–Trinajstić information content (AvgIpc) is 3.44. The van der Waals surface area contributed by atoms with Crippen LogP contribution in [-0.2, 0) is 40.9 Å². The molecule has 0 unspecified atom stereocenters. The molecular formula is C20H24F6N6O6. The third-order valence-corrected chi connectivity index (χ3v) is 5.28. The second-order valence-corrected chi connectivity index (χ2v) is 7.95. The van der Waals surface area contributed by atoms with Crippen LogP contribution in [0.4, 0.5) is 26.3 Å². The molecule has 0 bridgehead atoms. The monoisotopic (exact) mass is 558 g/mol. The Morgan fingerprint density at radius 1 is 1.03 bits per heavy atom. The zero-order valence-corrected chi connectivity index (χ0v) is 19.8. The minimum Gasteiger partial charge on any atom is -0.475 e. The number of hydrogen-bond donors (Lipinski definition) is 3. The average molecular weight is 558 g/mol. The normalized spacial score (nSPS) is 15.9. The molecule has 1 saturated heterocycles. The van der Waals surface area contributed by atoms with Crippen LogP contribution in [0.15, 0.2) is 12.4 Å². The highest BCUT2D eigenvalue weighted by atomic mass is 19.4. The number of alkyl halides is 6. The molecule has 2 aromatic heterocycles. The number of morpholine rings is 1. The van der Waals surface area contributed by atoms with E-state index < -0.39 is 24.3 Å². The number of imidazole rings is 1. The van der Waals surface area contributed by atoms with Crippen LogP contribution in [0.5, 0.6) is 0 Å². The van der Waals surface area contributed by atoms with E-state index in [9.17, 15) is 31.1 Å². The Morgan fingerprint density at radius 3 is 2.05 bits per heavy atom. The molecule has 4 rings (SSSR count). The first-order valence-corrected chi connectivity index (χ1v) is 10.8. The van der Waals surface area contributed by atoms with E-state index in [1.807, 2.05) is 28.9 Å². The highest BCUT2D eigenvalue weighted by Crippen LogP contribution is 2.23. The maximum atomic E-state index is 12.8. The summed E-state index contributed by atoms with van der Waals surface area (Å²) < 4.78 is 70.8. The number of aliphatic carboxylic acids is 2. The molecule has 12 nitrogen and oxygen atoms in total. The predicted molar refractivity (Wildman–Crippen MR) is 114 cm³/mol. The van der Waals surface area contributed by atoms with Crippen molar-refractivity contribution in [2.45, 2.75) is 31.9 Å². The predicted octanol–water partition coefficient (Wildman–Crippen LogP) is 1.44. The fraction of sp³-hybridized carbons (Fsp3) is 0.550. The largest absolute Gasteiger partial charge is 0.490 e. The van der Waals surface area contributed by atoms with Crippen molar-refractivity contribution in [2.75, 3.05) is 32.8 Å². The summed E-state index contributed by atoms with van der Waals surface area (Å²) in [5.74, 6) is -4.47. The number of fused-ring (bicyclic) bond motifs is 1. The molecule has 0 aromatic carbocycles. The first kappa shape index (κ1) is 30.6. The van der Waals surface area contributed by atoms with Crippen molar-refractivity contribution in [3.05, 3.63) is 35.2 Å². The van der Waals surface area contributed by atoms with E-state index in [2.05, 4.69) is 20.1 Å². The summed E-state index contributed by atoms with van der Waals surface area (Å²) in [5.41, 5.74) is 2.69. The Bertz CT molecular complexity index is 1080. The molecule has 18 heteroatoms. The first-order chi connectivity index (χ1) is 17.6. The van der Waals surface area contributed by atoms with Crippen LogP contribution in [0.25, 0.3) is 0 Å². The number of amides is 1. The molecule has 38 heavy (non-hydrogen) atoms. The third kappa shape index (κ3) is 8.72. The Hall–Kier alpha value is -3.67. The highest BCUT2D eigenvalue weighted by Gasteiger charge is 2.39. The van der Waals surface area contributed by atoms with Crippen LogP contribution < -0.4 is 0 Å². The Balaban J connectivity index is 0.000000301. The van der Waals surface area contributed by atoms with Crippen molar-refractivity contribution < 1.29 is 55.7 Å². The van der Waals surface area contributed by atoms with Gasteiger partial charge in [0.05, 0.1) is 19.8 Å². The summed E-state index contributed by atoms with van der Waals surface area (Å²) in [6.07, 6.45) is -5.52. The van der Waals surface area contributed by atoms with E-state index in [0.717, 1.165) is 43.1 Å². The molecule has 4 heterocycles. The molecule has 0 aliphatic carbocycles. The van der Waals surface area contributed by atoms with Crippen LogP contribution in [0, 0.1) is 0 Å². The van der Waals surface area contributed by atoms with Gasteiger partial charge >= 0.3 is 24.3 Å². The number of carbonyl (C=O) groups excluding carboxylic acids is 1. The Kier molecular flexibility index (Phi) is 10.2. The van der Waals surface area contributed by atoms with E-state index in [1.165, 1.54) is 0 Å². The second kappa shape index (κ2) is 12.7. The zero-order chi connectivity index (χ0) is 28.7. The van der Waals surface area contributed by atoms with Gasteiger partial charge in [-0.3, -0.25) is 14.8 Å². The lowest BCUT2D eigenvalue weighted by atomic mass is 10.0. The van der Waals surface area contributed by atoms with Gasteiger partial charge in [0.2, 0.25) is 0 Å². The third-order valence-electron chi connectivity index (χ3n) is 5.28. The summed E-state index contributed by atoms with van der Waals surface area (Å²) in [5, 5.41) is 21.6. The zero-order valence-electron chi connectivity index (χ0n) is 19.8. The Labute approximate surface area is 210 Å². The SMILES string of the molecule is Cn1ccnc1CN1CCc2[nH]nc(C(=O)N3CCOCC3)c2C1.O=C(O)C(F)(F)F.O=C(O)C(F)(F)F. The summed E-state index contributed by atoms with van der Waals surface area (Å²) in [4.78, 5) is 39.1. The fourth-order valence-electron chi connectivity index (χ4n) is 3.33. The van der Waals surface area contributed by atoms with Gasteiger partial charge in [0.1, 0.15) is 5.82 Å². The number of carbonyl (C=O) groups is 3. The number of ether oxygens (including phenoxy) is 1. The van der Waals surface area contributed by atoms with Gasteiger partial charge in [-0.05, 0) is 0 Å². The molecule has 212 valence electrons. The standard InChI is InChI=1S/C16H22N6O2.2C2HF3O2/c1-20-5-3-17-14(20)11-21-4-2-13-12(10-21)15(19-18-13)16(23)22-6-8-24-9-7-22;2*3-2(4,5)1(6)7/h3,5H,2,4,6-11H2,1H3,(H,18,19);2*(H,6,7). The van der Waals surface area contributed by atoms with Crippen molar-refractivity contribution in [3.8, 4) is 0 Å². The quantitative estimate of drug-likeness (QED) is 0.475. The minimum atomic E-state index is -5.08. The van der Waals surface area contributed by atoms with E-state index in [0.29, 0.717) is 32.0 Å². The lowest BCUT2D eigenvalue weighted by Gasteiger charge is -2.28. The van der Waals surface area contributed by atoms with Gasteiger partial charge in [-0.25, -0.2) is 14.6 Å². The topological polar surface area (TPSA) is 154 Å². The van der Waals surface area contributed by atoms with Crippen molar-refractivity contribution in [1.29, 1.82) is 0 Å². The summed E-state index contributed by atoms with van der Waals surface area (Å²) in [6, 6.07) is 0. The van der Waals surface area contributed by atoms with Crippen LogP contribution in [0.1, 0.15) is 27.6 Å². The number of H-pyrrole nitrogens is 1. The minimum absolute atomic E-state index is 0.00893. The maximum absolute atomic E-state index is 12.8. The smallest absolute Gasteiger partial charge is 0.475 e. The van der Waals surface area contributed by atoms with Crippen molar-refractivity contribution >= 4 is 17.8 Å². The number of nitrogens with zero attached hydrogens (tertiary/aromatic N) is 5. The number of rotatable bonds is 3. The van der Waals surface area contributed by atoms with Crippen molar-refractivity contribution in [3.63, 3.8) is 0 Å². The van der Waals surface area contributed by atoms with Gasteiger partial charge in [-0.15, -0.1) is 0 Å². The number of aromatic amines is 1. The summed E-state index contributed by atoms with van der Waals surface area (Å²) in [6.45, 7) is 4.92. The highest BCUT2D eigenvalue weighted by molar-refractivity contribution is 5.94. The number of carboxylic acid groups (broad SMARTS) is 2. The molecule has 0 radical (unpaired) electrons. The number of halogens is 6. The molecule has 1 fully saturated rings. The Morgan fingerprint density at radius 2 is 1.58 bits per heavy atom. The van der Waals surface area contributed by atoms with Crippen LogP contribution in [0.3, 0.4) is 0 Å². The first-order valence-electron chi connectivity index (χ1n) is 10.8. The molecule has 2 aliphatic rings. The molecule has 3 N–H and O–H groups in total. The molecule has 2 aliphatic heterocycles. The number of aryl methyl sites for hydroxylation is 1. The van der Waals surface area contributed by atoms with Gasteiger partial charge in [-0.2, -0.15) is 31.4 Å². The fourth-order valence-corrected chi connectivity index (χ4v) is 3.33. The van der Waals surface area contributed by atoms with Crippen molar-refractivity contribution in [2.24, 2.45) is 7.05 Å². The molecule has 0 atom stereocenters. The van der Waals surface area contributed by atoms with E-state index in [1.54, 1.807) is 0 Å². The molecular weight excluding hydrogens is 534 g/mol. The molecule has 1 amide bonds. The number of aromatic nitrogens is 4. The number of nitrogens with one attached hydrogen (secondary N) is 1. The molecule has 2 aromatic rings. The summed E-state index contributed by atoms with van der Waals surface area (Å²) in [7, 11) is 2.00. The van der Waals surface area contributed by atoms with E-state index >= 15 is 0 Å². The number of carboxylic acids is 2. The second-order valence-electron chi connectivity index (χ2n) is 7.95. The lowest BCUT2D eigenvalue weighted by molar-refractivity contribution is -0.193. The van der Waals surface area contributed by atoms with Gasteiger partial charge in [0, 0.05) is 63.3 Å². The van der Waals surface area contributed by atoms with Gasteiger partial charge in [0.25, 0.3) is 5.91 Å². The van der Waals surface area contributed by atoms with Crippen LogP contribution >= 0.6 is 0 Å². The van der Waals surface area contributed by atoms with Gasteiger partial charge < -0.3 is 24.4 Å². The molecule has 0 spiro atoms. The van der Waals surface area contributed by atoms with Gasteiger partial charge in [-0.1, -0.05) is 0 Å². The number of hydrogen-bond acceptors (Lipinski definition) is 7. The van der Waals surface area contributed by atoms with Crippen LogP contribution in [-0.4, -0.2) is 103 Å². The summed E-state index contributed by atoms with van der Waals surface area (Å²) >= 11 is 0.